The molecule has 1 aliphatic rings. The predicted molar refractivity (Wildman–Crippen MR) is 67.9 cm³/mol. The standard InChI is InChI=1S/C14H14OS/c15-12(7-10-5-6-10)8-11-9-16-14-4-2-1-3-13(11)14/h1-4,9-10H,5-8H2. The van der Waals surface area contributed by atoms with Crippen molar-refractivity contribution in [2.75, 3.05) is 0 Å². The maximum absolute atomic E-state index is 11.8. The van der Waals surface area contributed by atoms with E-state index >= 15 is 0 Å². The number of thiophene rings is 1. The second-order valence-electron chi connectivity index (χ2n) is 4.62. The minimum Gasteiger partial charge on any atom is -0.299 e. The fraction of sp³-hybridized carbons (Fsp3) is 0.357. The maximum atomic E-state index is 11.8. The minimum absolute atomic E-state index is 0.408. The van der Waals surface area contributed by atoms with Gasteiger partial charge in [0, 0.05) is 17.5 Å². The lowest BCUT2D eigenvalue weighted by Crippen LogP contribution is -2.02. The van der Waals surface area contributed by atoms with Gasteiger partial charge in [-0.2, -0.15) is 0 Å². The van der Waals surface area contributed by atoms with Gasteiger partial charge in [0.1, 0.15) is 5.78 Å². The molecule has 0 radical (unpaired) electrons. The smallest absolute Gasteiger partial charge is 0.137 e. The van der Waals surface area contributed by atoms with E-state index in [1.807, 2.05) is 6.07 Å². The fourth-order valence-corrected chi connectivity index (χ4v) is 3.06. The first kappa shape index (κ1) is 10.0. The highest BCUT2D eigenvalue weighted by Gasteiger charge is 2.24. The van der Waals surface area contributed by atoms with Gasteiger partial charge < -0.3 is 0 Å². The number of carbonyl (C=O) groups is 1. The van der Waals surface area contributed by atoms with Crippen LogP contribution in [0.5, 0.6) is 0 Å². The molecule has 2 heteroatoms. The summed E-state index contributed by atoms with van der Waals surface area (Å²) in [5.41, 5.74) is 1.21. The Morgan fingerprint density at radius 1 is 1.31 bits per heavy atom. The lowest BCUT2D eigenvalue weighted by atomic mass is 10.0. The highest BCUT2D eigenvalue weighted by atomic mass is 32.1. The van der Waals surface area contributed by atoms with Crippen LogP contribution in [-0.2, 0) is 11.2 Å². The number of ketones is 1. The highest BCUT2D eigenvalue weighted by Crippen LogP contribution is 2.33. The third kappa shape index (κ3) is 2.03. The molecule has 0 saturated heterocycles. The molecule has 0 aliphatic heterocycles. The molecule has 16 heavy (non-hydrogen) atoms. The molecule has 2 aromatic rings. The molecule has 1 aromatic carbocycles. The molecular weight excluding hydrogens is 216 g/mol. The Morgan fingerprint density at radius 2 is 2.12 bits per heavy atom. The Morgan fingerprint density at radius 3 is 2.94 bits per heavy atom. The van der Waals surface area contributed by atoms with Gasteiger partial charge >= 0.3 is 0 Å². The van der Waals surface area contributed by atoms with Gasteiger partial charge in [0.05, 0.1) is 0 Å². The summed E-state index contributed by atoms with van der Waals surface area (Å²) < 4.78 is 1.29. The SMILES string of the molecule is O=C(Cc1csc2ccccc12)CC1CC1. The van der Waals surface area contributed by atoms with Crippen LogP contribution in [0.25, 0.3) is 10.1 Å². The third-order valence-electron chi connectivity index (χ3n) is 3.16. The van der Waals surface area contributed by atoms with Crippen molar-refractivity contribution in [3.8, 4) is 0 Å². The molecule has 1 heterocycles. The fourth-order valence-electron chi connectivity index (χ4n) is 2.10. The molecule has 1 aliphatic carbocycles. The number of carbonyl (C=O) groups excluding carboxylic acids is 1. The van der Waals surface area contributed by atoms with E-state index in [9.17, 15) is 4.79 Å². The van der Waals surface area contributed by atoms with Crippen molar-refractivity contribution < 1.29 is 4.79 Å². The molecular formula is C14H14OS. The minimum atomic E-state index is 0.408. The zero-order chi connectivity index (χ0) is 11.0. The molecule has 82 valence electrons. The van der Waals surface area contributed by atoms with Gasteiger partial charge in [-0.1, -0.05) is 18.2 Å². The first-order valence-corrected chi connectivity index (χ1v) is 6.68. The summed E-state index contributed by atoms with van der Waals surface area (Å²) >= 11 is 1.74. The van der Waals surface area contributed by atoms with Crippen molar-refractivity contribution >= 4 is 27.2 Å². The molecule has 3 rings (SSSR count). The van der Waals surface area contributed by atoms with E-state index in [-0.39, 0.29) is 0 Å². The van der Waals surface area contributed by atoms with Crippen molar-refractivity contribution in [1.82, 2.24) is 0 Å². The van der Waals surface area contributed by atoms with Gasteiger partial charge in [0.15, 0.2) is 0 Å². The molecule has 0 N–H and O–H groups in total. The second kappa shape index (κ2) is 4.02. The van der Waals surface area contributed by atoms with Crippen LogP contribution >= 0.6 is 11.3 Å². The van der Waals surface area contributed by atoms with Crippen LogP contribution in [0.1, 0.15) is 24.8 Å². The average Bonchev–Trinajstić information content (AvgIpc) is 3.00. The zero-order valence-corrected chi connectivity index (χ0v) is 9.93. The summed E-state index contributed by atoms with van der Waals surface area (Å²) in [5.74, 6) is 1.11. The summed E-state index contributed by atoms with van der Waals surface area (Å²) in [6, 6.07) is 8.33. The van der Waals surface area contributed by atoms with Gasteiger partial charge in [-0.25, -0.2) is 0 Å². The average molecular weight is 230 g/mol. The van der Waals surface area contributed by atoms with Crippen LogP contribution in [0.2, 0.25) is 0 Å². The first-order valence-electron chi connectivity index (χ1n) is 5.80. The Hall–Kier alpha value is -1.15. The monoisotopic (exact) mass is 230 g/mol. The first-order chi connectivity index (χ1) is 7.83. The van der Waals surface area contributed by atoms with Crippen LogP contribution in [0.3, 0.4) is 0 Å². The van der Waals surface area contributed by atoms with Gasteiger partial charge in [0.2, 0.25) is 0 Å². The Balaban J connectivity index is 1.80. The quantitative estimate of drug-likeness (QED) is 0.780. The molecule has 0 bridgehead atoms. The van der Waals surface area contributed by atoms with Crippen molar-refractivity contribution in [3.63, 3.8) is 0 Å². The molecule has 1 nitrogen and oxygen atoms in total. The van der Waals surface area contributed by atoms with Gasteiger partial charge in [-0.15, -0.1) is 11.3 Å². The van der Waals surface area contributed by atoms with Crippen molar-refractivity contribution in [2.45, 2.75) is 25.7 Å². The van der Waals surface area contributed by atoms with Crippen LogP contribution in [-0.4, -0.2) is 5.78 Å². The number of benzene rings is 1. The number of hydrogen-bond acceptors (Lipinski definition) is 2. The predicted octanol–water partition coefficient (Wildman–Crippen LogP) is 3.81. The Kier molecular flexibility index (Phi) is 2.52. The largest absolute Gasteiger partial charge is 0.299 e. The van der Waals surface area contributed by atoms with Gasteiger partial charge in [-0.3, -0.25) is 4.79 Å². The van der Waals surface area contributed by atoms with E-state index < -0.39 is 0 Å². The van der Waals surface area contributed by atoms with E-state index in [0.29, 0.717) is 18.1 Å². The van der Waals surface area contributed by atoms with Crippen LogP contribution in [0.15, 0.2) is 29.6 Å². The van der Waals surface area contributed by atoms with E-state index in [1.165, 1.54) is 28.5 Å². The number of rotatable bonds is 4. The molecule has 0 amide bonds. The number of Topliss-reactive ketones (excluding diaryl/α,β-unsaturated/α-hetero) is 1. The lowest BCUT2D eigenvalue weighted by molar-refractivity contribution is -0.118. The van der Waals surface area contributed by atoms with E-state index in [2.05, 4.69) is 23.6 Å². The van der Waals surface area contributed by atoms with E-state index in [0.717, 1.165) is 6.42 Å². The summed E-state index contributed by atoms with van der Waals surface area (Å²) in [7, 11) is 0. The van der Waals surface area contributed by atoms with Crippen molar-refractivity contribution in [2.24, 2.45) is 5.92 Å². The summed E-state index contributed by atoms with van der Waals surface area (Å²) in [6.07, 6.45) is 3.94. The van der Waals surface area contributed by atoms with Gasteiger partial charge in [-0.05, 0) is 41.2 Å². The van der Waals surface area contributed by atoms with Gasteiger partial charge in [0.25, 0.3) is 0 Å². The summed E-state index contributed by atoms with van der Waals surface area (Å²) in [5, 5.41) is 3.40. The normalized spacial score (nSPS) is 15.5. The van der Waals surface area contributed by atoms with Crippen molar-refractivity contribution in [1.29, 1.82) is 0 Å². The molecule has 0 atom stereocenters. The highest BCUT2D eigenvalue weighted by molar-refractivity contribution is 7.17. The molecule has 1 saturated carbocycles. The maximum Gasteiger partial charge on any atom is 0.137 e. The Labute approximate surface area is 99.1 Å². The van der Waals surface area contributed by atoms with Crippen LogP contribution in [0, 0.1) is 5.92 Å². The van der Waals surface area contributed by atoms with Crippen LogP contribution < -0.4 is 0 Å². The lowest BCUT2D eigenvalue weighted by Gasteiger charge is -1.98. The van der Waals surface area contributed by atoms with Crippen molar-refractivity contribution in [3.05, 3.63) is 35.2 Å². The molecule has 1 fully saturated rings. The Bertz CT molecular complexity index is 522. The summed E-state index contributed by atoms with van der Waals surface area (Å²) in [4.78, 5) is 11.8. The molecule has 0 spiro atoms. The number of hydrogen-bond donors (Lipinski definition) is 0. The molecule has 1 aromatic heterocycles. The van der Waals surface area contributed by atoms with E-state index in [4.69, 9.17) is 0 Å². The zero-order valence-electron chi connectivity index (χ0n) is 9.11. The molecule has 0 unspecified atom stereocenters. The number of fused-ring (bicyclic) bond motifs is 1. The second-order valence-corrected chi connectivity index (χ2v) is 5.53. The summed E-state index contributed by atoms with van der Waals surface area (Å²) in [6.45, 7) is 0. The third-order valence-corrected chi connectivity index (χ3v) is 4.17. The van der Waals surface area contributed by atoms with Crippen LogP contribution in [0.4, 0.5) is 0 Å². The topological polar surface area (TPSA) is 17.1 Å². The van der Waals surface area contributed by atoms with E-state index in [1.54, 1.807) is 11.3 Å².